The minimum atomic E-state index is -2.60. The molecule has 0 spiro atoms. The molecule has 1 rings (SSSR count). The lowest BCUT2D eigenvalue weighted by Crippen LogP contribution is -1.98. The molecule has 0 aliphatic rings. The summed E-state index contributed by atoms with van der Waals surface area (Å²) in [5.74, 6) is 0. The van der Waals surface area contributed by atoms with Crippen LogP contribution in [0.3, 0.4) is 0 Å². The van der Waals surface area contributed by atoms with Gasteiger partial charge in [-0.1, -0.05) is 0 Å². The molecular weight excluding hydrogens is 244 g/mol. The zero-order valence-corrected chi connectivity index (χ0v) is 8.48. The van der Waals surface area contributed by atoms with Gasteiger partial charge >= 0.3 is 0 Å². The molecule has 0 atom stereocenters. The van der Waals surface area contributed by atoms with Gasteiger partial charge in [0.25, 0.3) is 6.43 Å². The van der Waals surface area contributed by atoms with Crippen molar-refractivity contribution in [2.45, 2.75) is 20.0 Å². The lowest BCUT2D eigenvalue weighted by atomic mass is 10.1. The molecule has 1 heterocycles. The van der Waals surface area contributed by atoms with Gasteiger partial charge in [-0.15, -0.1) is 0 Å². The van der Waals surface area contributed by atoms with E-state index >= 15 is 0 Å². The summed E-state index contributed by atoms with van der Waals surface area (Å²) in [6, 6.07) is 0. The quantitative estimate of drug-likeness (QED) is 0.877. The average Bonchev–Trinajstić information content (AvgIpc) is 2.09. The Morgan fingerprint density at radius 3 is 2.69 bits per heavy atom. The molecule has 0 aliphatic heterocycles. The molecule has 72 valence electrons. The van der Waals surface area contributed by atoms with Crippen molar-refractivity contribution in [1.82, 2.24) is 4.98 Å². The molecule has 0 aromatic carbocycles. The Balaban J connectivity index is 3.23. The minimum absolute atomic E-state index is 0.194. The van der Waals surface area contributed by atoms with E-state index in [2.05, 4.69) is 20.9 Å². The molecule has 1 aromatic rings. The second kappa shape index (κ2) is 4.11. The molecule has 0 fully saturated rings. The minimum Gasteiger partial charge on any atom is -0.392 e. The van der Waals surface area contributed by atoms with Crippen LogP contribution in [0.25, 0.3) is 0 Å². The summed E-state index contributed by atoms with van der Waals surface area (Å²) in [4.78, 5) is 3.55. The van der Waals surface area contributed by atoms with E-state index in [-0.39, 0.29) is 16.8 Å². The van der Waals surface area contributed by atoms with Crippen molar-refractivity contribution in [2.75, 3.05) is 0 Å². The Labute approximate surface area is 82.7 Å². The summed E-state index contributed by atoms with van der Waals surface area (Å²) in [6.07, 6.45) is -1.33. The zero-order chi connectivity index (χ0) is 10.0. The molecule has 0 amide bonds. The Morgan fingerprint density at radius 1 is 1.62 bits per heavy atom. The van der Waals surface area contributed by atoms with Gasteiger partial charge in [-0.2, -0.15) is 0 Å². The summed E-state index contributed by atoms with van der Waals surface area (Å²) >= 11 is 3.02. The van der Waals surface area contributed by atoms with Crippen LogP contribution >= 0.6 is 15.9 Å². The van der Waals surface area contributed by atoms with Crippen molar-refractivity contribution in [3.05, 3.63) is 27.5 Å². The van der Waals surface area contributed by atoms with Gasteiger partial charge < -0.3 is 5.11 Å². The average molecular weight is 252 g/mol. The lowest BCUT2D eigenvalue weighted by Gasteiger charge is -2.08. The number of pyridine rings is 1. The molecule has 5 heteroatoms. The van der Waals surface area contributed by atoms with E-state index in [0.29, 0.717) is 11.1 Å². The predicted octanol–water partition coefficient (Wildman–Crippen LogP) is 2.58. The first-order chi connectivity index (χ1) is 6.07. The summed E-state index contributed by atoms with van der Waals surface area (Å²) in [6.45, 7) is 1.46. The molecule has 1 aromatic heterocycles. The molecule has 0 radical (unpaired) electrons. The van der Waals surface area contributed by atoms with Crippen LogP contribution in [-0.4, -0.2) is 10.1 Å². The second-order valence-electron chi connectivity index (χ2n) is 2.57. The van der Waals surface area contributed by atoms with Crippen LogP contribution < -0.4 is 0 Å². The van der Waals surface area contributed by atoms with E-state index < -0.39 is 6.43 Å². The number of aliphatic hydroxyl groups is 1. The third kappa shape index (κ3) is 2.03. The van der Waals surface area contributed by atoms with Crippen molar-refractivity contribution in [3.8, 4) is 0 Å². The van der Waals surface area contributed by atoms with E-state index in [0.717, 1.165) is 0 Å². The van der Waals surface area contributed by atoms with Crippen LogP contribution in [-0.2, 0) is 6.61 Å². The highest BCUT2D eigenvalue weighted by atomic mass is 79.9. The van der Waals surface area contributed by atoms with E-state index in [1.165, 1.54) is 6.20 Å². The number of nitrogens with zero attached hydrogens (tertiary/aromatic N) is 1. The molecular formula is C8H8BrF2NO. The fraction of sp³-hybridized carbons (Fsp3) is 0.375. The molecule has 1 N–H and O–H groups in total. The molecule has 13 heavy (non-hydrogen) atoms. The first kappa shape index (κ1) is 10.5. The van der Waals surface area contributed by atoms with Gasteiger partial charge in [0.05, 0.1) is 6.61 Å². The highest BCUT2D eigenvalue weighted by Crippen LogP contribution is 2.29. The maximum absolute atomic E-state index is 12.3. The summed E-state index contributed by atoms with van der Waals surface area (Å²) in [5.41, 5.74) is 0.874. The standard InChI is InChI=1S/C8H8BrF2NO/c1-4-5(3-13)2-12-7(6(4)9)8(10)11/h2,8,13H,3H2,1H3. The molecule has 0 bridgehead atoms. The molecule has 0 saturated carbocycles. The number of halogens is 3. The summed E-state index contributed by atoms with van der Waals surface area (Å²) < 4.78 is 24.8. The number of alkyl halides is 2. The second-order valence-corrected chi connectivity index (χ2v) is 3.36. The molecule has 0 saturated heterocycles. The van der Waals surface area contributed by atoms with Crippen LogP contribution in [0.2, 0.25) is 0 Å². The molecule has 0 unspecified atom stereocenters. The van der Waals surface area contributed by atoms with Crippen LogP contribution in [0.5, 0.6) is 0 Å². The molecule has 2 nitrogen and oxygen atoms in total. The van der Waals surface area contributed by atoms with Gasteiger partial charge in [-0.25, -0.2) is 8.78 Å². The van der Waals surface area contributed by atoms with E-state index in [4.69, 9.17) is 5.11 Å². The van der Waals surface area contributed by atoms with Gasteiger partial charge in [-0.05, 0) is 34.0 Å². The Morgan fingerprint density at radius 2 is 2.23 bits per heavy atom. The van der Waals surface area contributed by atoms with E-state index in [1.807, 2.05) is 0 Å². The van der Waals surface area contributed by atoms with Gasteiger partial charge in [0.1, 0.15) is 5.69 Å². The first-order valence-electron chi connectivity index (χ1n) is 3.60. The Kier molecular flexibility index (Phi) is 3.33. The van der Waals surface area contributed by atoms with Gasteiger partial charge in [0.15, 0.2) is 0 Å². The lowest BCUT2D eigenvalue weighted by molar-refractivity contribution is 0.145. The first-order valence-corrected chi connectivity index (χ1v) is 4.40. The number of rotatable bonds is 2. The number of aliphatic hydroxyl groups excluding tert-OH is 1. The third-order valence-corrected chi connectivity index (χ3v) is 2.77. The number of hydrogen-bond donors (Lipinski definition) is 1. The maximum atomic E-state index is 12.3. The van der Waals surface area contributed by atoms with Crippen LogP contribution in [0.15, 0.2) is 10.7 Å². The molecule has 0 aliphatic carbocycles. The fourth-order valence-corrected chi connectivity index (χ4v) is 1.48. The van der Waals surface area contributed by atoms with Crippen LogP contribution in [0, 0.1) is 6.92 Å². The SMILES string of the molecule is Cc1c(CO)cnc(C(F)F)c1Br. The van der Waals surface area contributed by atoms with E-state index in [9.17, 15) is 8.78 Å². The largest absolute Gasteiger partial charge is 0.392 e. The van der Waals surface area contributed by atoms with Crippen LogP contribution in [0.4, 0.5) is 8.78 Å². The zero-order valence-electron chi connectivity index (χ0n) is 6.89. The fourth-order valence-electron chi connectivity index (χ4n) is 0.946. The summed E-state index contributed by atoms with van der Waals surface area (Å²) in [7, 11) is 0. The topological polar surface area (TPSA) is 33.1 Å². The maximum Gasteiger partial charge on any atom is 0.281 e. The predicted molar refractivity (Wildman–Crippen MR) is 47.6 cm³/mol. The van der Waals surface area contributed by atoms with Crippen molar-refractivity contribution < 1.29 is 13.9 Å². The smallest absolute Gasteiger partial charge is 0.281 e. The van der Waals surface area contributed by atoms with Crippen molar-refractivity contribution >= 4 is 15.9 Å². The highest BCUT2D eigenvalue weighted by Gasteiger charge is 2.16. The normalized spacial score (nSPS) is 10.9. The van der Waals surface area contributed by atoms with Crippen LogP contribution in [0.1, 0.15) is 23.2 Å². The van der Waals surface area contributed by atoms with Crippen molar-refractivity contribution in [2.24, 2.45) is 0 Å². The number of aromatic nitrogens is 1. The highest BCUT2D eigenvalue weighted by molar-refractivity contribution is 9.10. The van der Waals surface area contributed by atoms with Crippen molar-refractivity contribution in [1.29, 1.82) is 0 Å². The van der Waals surface area contributed by atoms with Gasteiger partial charge in [0.2, 0.25) is 0 Å². The van der Waals surface area contributed by atoms with E-state index in [1.54, 1.807) is 6.92 Å². The Hall–Kier alpha value is -0.550. The van der Waals surface area contributed by atoms with Gasteiger partial charge in [-0.3, -0.25) is 4.98 Å². The van der Waals surface area contributed by atoms with Gasteiger partial charge in [0, 0.05) is 10.7 Å². The third-order valence-electron chi connectivity index (χ3n) is 1.77. The summed E-state index contributed by atoms with van der Waals surface area (Å²) in [5, 5.41) is 8.82. The number of hydrogen-bond acceptors (Lipinski definition) is 2. The monoisotopic (exact) mass is 251 g/mol. The Bertz CT molecular complexity index is 317. The van der Waals surface area contributed by atoms with Crippen molar-refractivity contribution in [3.63, 3.8) is 0 Å².